The molecule has 118 valence electrons. The van der Waals surface area contributed by atoms with Crippen LogP contribution in [0.1, 0.15) is 23.6 Å². The lowest BCUT2D eigenvalue weighted by Crippen LogP contribution is -2.40. The van der Waals surface area contributed by atoms with Crippen molar-refractivity contribution in [2.75, 3.05) is 0 Å². The molecule has 4 nitrogen and oxygen atoms in total. The van der Waals surface area contributed by atoms with E-state index in [-0.39, 0.29) is 12.5 Å². The Balaban J connectivity index is 1.89. The molecule has 1 atom stereocenters. The Morgan fingerprint density at radius 2 is 1.83 bits per heavy atom. The van der Waals surface area contributed by atoms with Gasteiger partial charge in [-0.25, -0.2) is 4.79 Å². The fourth-order valence-electron chi connectivity index (χ4n) is 2.74. The summed E-state index contributed by atoms with van der Waals surface area (Å²) in [5.41, 5.74) is 1.65. The molecule has 0 bridgehead atoms. The van der Waals surface area contributed by atoms with E-state index in [0.717, 1.165) is 16.7 Å². The number of nitrogens with zero attached hydrogens (tertiary/aromatic N) is 1. The van der Waals surface area contributed by atoms with Crippen molar-refractivity contribution in [3.63, 3.8) is 0 Å². The molecule has 1 aliphatic heterocycles. The fourth-order valence-corrected chi connectivity index (χ4v) is 2.95. The summed E-state index contributed by atoms with van der Waals surface area (Å²) in [5.74, 6) is -0.258. The van der Waals surface area contributed by atoms with Gasteiger partial charge < -0.3 is 5.32 Å². The van der Waals surface area contributed by atoms with E-state index in [4.69, 9.17) is 11.6 Å². The molecule has 1 saturated heterocycles. The molecule has 23 heavy (non-hydrogen) atoms. The lowest BCUT2D eigenvalue weighted by atomic mass is 9.91. The zero-order valence-corrected chi connectivity index (χ0v) is 13.7. The second kappa shape index (κ2) is 5.70. The summed E-state index contributed by atoms with van der Waals surface area (Å²) in [6.07, 6.45) is 0. The first-order chi connectivity index (χ1) is 10.9. The van der Waals surface area contributed by atoms with Crippen LogP contribution in [-0.2, 0) is 16.9 Å². The topological polar surface area (TPSA) is 49.4 Å². The second-order valence-electron chi connectivity index (χ2n) is 5.94. The van der Waals surface area contributed by atoms with Gasteiger partial charge in [-0.15, -0.1) is 0 Å². The Morgan fingerprint density at radius 1 is 1.13 bits per heavy atom. The largest absolute Gasteiger partial charge is 0.325 e. The second-order valence-corrected chi connectivity index (χ2v) is 6.38. The molecule has 2 aromatic rings. The molecular formula is C18H17ClN2O2. The van der Waals surface area contributed by atoms with Crippen LogP contribution in [0.15, 0.2) is 48.5 Å². The average Bonchev–Trinajstić information content (AvgIpc) is 2.72. The standard InChI is InChI=1S/C18H17ClN2O2/c1-12-6-8-14(9-7-12)18(2)16(22)21(17(23)20-18)11-13-4-3-5-15(19)10-13/h3-10H,11H2,1-2H3,(H,20,23)/t18-/m1/s1. The number of rotatable bonds is 3. The van der Waals surface area contributed by atoms with Crippen molar-refractivity contribution in [2.45, 2.75) is 25.9 Å². The highest BCUT2D eigenvalue weighted by atomic mass is 35.5. The third kappa shape index (κ3) is 2.82. The van der Waals surface area contributed by atoms with Gasteiger partial charge in [-0.1, -0.05) is 53.6 Å². The predicted molar refractivity (Wildman–Crippen MR) is 89.1 cm³/mol. The lowest BCUT2D eigenvalue weighted by molar-refractivity contribution is -0.131. The Kier molecular flexibility index (Phi) is 3.86. The van der Waals surface area contributed by atoms with Crippen LogP contribution in [0, 0.1) is 6.92 Å². The number of carbonyl (C=O) groups excluding carboxylic acids is 2. The zero-order chi connectivity index (χ0) is 16.6. The van der Waals surface area contributed by atoms with Crippen LogP contribution in [0.25, 0.3) is 0 Å². The molecule has 2 aromatic carbocycles. The minimum Gasteiger partial charge on any atom is -0.319 e. The van der Waals surface area contributed by atoms with Crippen molar-refractivity contribution in [1.29, 1.82) is 0 Å². The average molecular weight is 329 g/mol. The fraction of sp³-hybridized carbons (Fsp3) is 0.222. The Morgan fingerprint density at radius 3 is 2.48 bits per heavy atom. The summed E-state index contributed by atoms with van der Waals surface area (Å²) >= 11 is 5.97. The highest BCUT2D eigenvalue weighted by Gasteiger charge is 2.48. The summed E-state index contributed by atoms with van der Waals surface area (Å²) in [5, 5.41) is 3.38. The quantitative estimate of drug-likeness (QED) is 0.875. The monoisotopic (exact) mass is 328 g/mol. The van der Waals surface area contributed by atoms with Crippen LogP contribution in [0.4, 0.5) is 4.79 Å². The van der Waals surface area contributed by atoms with Crippen molar-refractivity contribution in [1.82, 2.24) is 10.2 Å². The third-order valence-corrected chi connectivity index (χ3v) is 4.37. The molecule has 0 radical (unpaired) electrons. The van der Waals surface area contributed by atoms with E-state index in [1.54, 1.807) is 25.1 Å². The number of aryl methyl sites for hydroxylation is 1. The molecule has 0 aliphatic carbocycles. The third-order valence-electron chi connectivity index (χ3n) is 4.13. The van der Waals surface area contributed by atoms with Crippen LogP contribution in [0.3, 0.4) is 0 Å². The van der Waals surface area contributed by atoms with E-state index in [1.165, 1.54) is 4.90 Å². The maximum Gasteiger partial charge on any atom is 0.325 e. The number of hydrogen-bond donors (Lipinski definition) is 1. The van der Waals surface area contributed by atoms with Gasteiger partial charge in [0.25, 0.3) is 5.91 Å². The Hall–Kier alpha value is -2.33. The maximum absolute atomic E-state index is 12.8. The molecule has 3 amide bonds. The molecule has 0 saturated carbocycles. The SMILES string of the molecule is Cc1ccc([C@@]2(C)NC(=O)N(Cc3cccc(Cl)c3)C2=O)cc1. The molecule has 0 aromatic heterocycles. The first kappa shape index (κ1) is 15.6. The van der Waals surface area contributed by atoms with Gasteiger partial charge in [0.2, 0.25) is 0 Å². The van der Waals surface area contributed by atoms with Gasteiger partial charge in [-0.2, -0.15) is 0 Å². The summed E-state index contributed by atoms with van der Waals surface area (Å²) in [6, 6.07) is 14.4. The molecule has 0 unspecified atom stereocenters. The van der Waals surface area contributed by atoms with Crippen molar-refractivity contribution in [3.8, 4) is 0 Å². The van der Waals surface area contributed by atoms with Gasteiger partial charge in [-0.3, -0.25) is 9.69 Å². The van der Waals surface area contributed by atoms with Crippen molar-refractivity contribution in [3.05, 3.63) is 70.2 Å². The Labute approximate surface area is 140 Å². The van der Waals surface area contributed by atoms with Crippen LogP contribution >= 0.6 is 11.6 Å². The normalized spacial score (nSPS) is 20.7. The summed E-state index contributed by atoms with van der Waals surface area (Å²) in [7, 11) is 0. The van der Waals surface area contributed by atoms with Crippen molar-refractivity contribution >= 4 is 23.5 Å². The number of hydrogen-bond acceptors (Lipinski definition) is 2. The van der Waals surface area contributed by atoms with E-state index in [0.29, 0.717) is 5.02 Å². The number of urea groups is 1. The van der Waals surface area contributed by atoms with Gasteiger partial charge in [-0.05, 0) is 37.1 Å². The van der Waals surface area contributed by atoms with Crippen LogP contribution in [0.5, 0.6) is 0 Å². The molecular weight excluding hydrogens is 312 g/mol. The number of halogens is 1. The molecule has 1 heterocycles. The summed E-state index contributed by atoms with van der Waals surface area (Å²) < 4.78 is 0. The zero-order valence-electron chi connectivity index (χ0n) is 13.0. The van der Waals surface area contributed by atoms with Crippen molar-refractivity contribution < 1.29 is 9.59 Å². The molecule has 3 rings (SSSR count). The van der Waals surface area contributed by atoms with E-state index in [2.05, 4.69) is 5.32 Å². The van der Waals surface area contributed by atoms with E-state index in [9.17, 15) is 9.59 Å². The number of amides is 3. The predicted octanol–water partition coefficient (Wildman–Crippen LogP) is 3.62. The molecule has 5 heteroatoms. The van der Waals surface area contributed by atoms with Crippen LogP contribution < -0.4 is 5.32 Å². The van der Waals surface area contributed by atoms with Gasteiger partial charge in [0.1, 0.15) is 5.54 Å². The summed E-state index contributed by atoms with van der Waals surface area (Å²) in [4.78, 5) is 26.3. The van der Waals surface area contributed by atoms with Gasteiger partial charge >= 0.3 is 6.03 Å². The highest BCUT2D eigenvalue weighted by Crippen LogP contribution is 2.30. The maximum atomic E-state index is 12.8. The van der Waals surface area contributed by atoms with E-state index in [1.807, 2.05) is 37.3 Å². The van der Waals surface area contributed by atoms with Gasteiger partial charge in [0, 0.05) is 5.02 Å². The molecule has 1 fully saturated rings. The minimum atomic E-state index is -1.04. The van der Waals surface area contributed by atoms with Crippen molar-refractivity contribution in [2.24, 2.45) is 0 Å². The van der Waals surface area contributed by atoms with Gasteiger partial charge in [0.15, 0.2) is 0 Å². The first-order valence-electron chi connectivity index (χ1n) is 7.36. The van der Waals surface area contributed by atoms with Crippen LogP contribution in [-0.4, -0.2) is 16.8 Å². The first-order valence-corrected chi connectivity index (χ1v) is 7.73. The minimum absolute atomic E-state index is 0.201. The number of carbonyl (C=O) groups is 2. The molecule has 1 aliphatic rings. The van der Waals surface area contributed by atoms with E-state index >= 15 is 0 Å². The number of imide groups is 1. The summed E-state index contributed by atoms with van der Waals surface area (Å²) in [6.45, 7) is 3.91. The van der Waals surface area contributed by atoms with E-state index < -0.39 is 11.6 Å². The Bertz CT molecular complexity index is 773. The van der Waals surface area contributed by atoms with Crippen LogP contribution in [0.2, 0.25) is 5.02 Å². The molecule has 1 N–H and O–H groups in total. The number of nitrogens with one attached hydrogen (secondary N) is 1. The number of benzene rings is 2. The highest BCUT2D eigenvalue weighted by molar-refractivity contribution is 6.30. The van der Waals surface area contributed by atoms with Gasteiger partial charge in [0.05, 0.1) is 6.54 Å². The lowest BCUT2D eigenvalue weighted by Gasteiger charge is -2.22. The molecule has 0 spiro atoms. The smallest absolute Gasteiger partial charge is 0.319 e.